The first-order valence-corrected chi connectivity index (χ1v) is 8.84. The molecule has 0 aliphatic rings. The minimum Gasteiger partial charge on any atom is -0.360 e. The Hall–Kier alpha value is -2.65. The predicted octanol–water partition coefficient (Wildman–Crippen LogP) is 3.59. The number of aromatic nitrogens is 7. The molecule has 10 heteroatoms. The molecule has 0 bridgehead atoms. The van der Waals surface area contributed by atoms with Crippen LogP contribution in [-0.4, -0.2) is 34.7 Å². The van der Waals surface area contributed by atoms with Gasteiger partial charge in [0.1, 0.15) is 18.5 Å². The Balaban J connectivity index is 1.71. The van der Waals surface area contributed by atoms with Crippen LogP contribution in [0.3, 0.4) is 0 Å². The molecule has 1 atom stereocenters. The van der Waals surface area contributed by atoms with Gasteiger partial charge in [0.2, 0.25) is 0 Å². The van der Waals surface area contributed by atoms with Gasteiger partial charge in [-0.3, -0.25) is 0 Å². The summed E-state index contributed by atoms with van der Waals surface area (Å²) in [5.41, 5.74) is 0.770. The Morgan fingerprint density at radius 3 is 2.69 bits per heavy atom. The van der Waals surface area contributed by atoms with Crippen LogP contribution in [0.4, 0.5) is 5.82 Å². The number of nitrogens with zero attached hydrogens (tertiary/aromatic N) is 7. The standard InChI is InChI=1S/C16H12BrClN8/c1-9(15-23-8-24-26(15)16-19-3-2-4-20-16)25-14-11-5-10(18)6-12(17)13(11)21-7-22-14/h2-9H,1H3,(H,21,22,25). The Morgan fingerprint density at radius 2 is 1.88 bits per heavy atom. The normalized spacial score (nSPS) is 12.3. The molecule has 4 aromatic rings. The molecule has 0 amide bonds. The fourth-order valence-corrected chi connectivity index (χ4v) is 3.49. The summed E-state index contributed by atoms with van der Waals surface area (Å²) in [6.45, 7) is 1.96. The van der Waals surface area contributed by atoms with Crippen molar-refractivity contribution in [3.8, 4) is 5.95 Å². The first-order chi connectivity index (χ1) is 12.6. The molecule has 0 spiro atoms. The smallest absolute Gasteiger partial charge is 0.252 e. The number of anilines is 1. The van der Waals surface area contributed by atoms with E-state index in [1.54, 1.807) is 29.2 Å². The van der Waals surface area contributed by atoms with Gasteiger partial charge in [-0.2, -0.15) is 9.78 Å². The average molecular weight is 432 g/mol. The van der Waals surface area contributed by atoms with Crippen LogP contribution in [-0.2, 0) is 0 Å². The lowest BCUT2D eigenvalue weighted by atomic mass is 10.2. The molecular formula is C16H12BrClN8. The molecule has 8 nitrogen and oxygen atoms in total. The zero-order valence-electron chi connectivity index (χ0n) is 13.5. The maximum absolute atomic E-state index is 6.18. The van der Waals surface area contributed by atoms with Crippen molar-refractivity contribution in [1.82, 2.24) is 34.7 Å². The van der Waals surface area contributed by atoms with Gasteiger partial charge in [-0.25, -0.2) is 24.9 Å². The third-order valence-electron chi connectivity index (χ3n) is 3.71. The van der Waals surface area contributed by atoms with Crippen LogP contribution in [0.15, 0.2) is 47.7 Å². The zero-order valence-corrected chi connectivity index (χ0v) is 15.8. The predicted molar refractivity (Wildman–Crippen MR) is 101 cm³/mol. The van der Waals surface area contributed by atoms with Crippen molar-refractivity contribution in [2.24, 2.45) is 0 Å². The molecule has 130 valence electrons. The van der Waals surface area contributed by atoms with Crippen molar-refractivity contribution in [1.29, 1.82) is 0 Å². The lowest BCUT2D eigenvalue weighted by molar-refractivity contribution is 0.694. The van der Waals surface area contributed by atoms with Gasteiger partial charge >= 0.3 is 0 Å². The van der Waals surface area contributed by atoms with Gasteiger partial charge in [0, 0.05) is 27.3 Å². The quantitative estimate of drug-likeness (QED) is 0.527. The van der Waals surface area contributed by atoms with Crippen molar-refractivity contribution in [2.75, 3.05) is 5.32 Å². The molecule has 0 saturated carbocycles. The summed E-state index contributed by atoms with van der Waals surface area (Å²) in [4.78, 5) is 21.4. The number of nitrogens with one attached hydrogen (secondary N) is 1. The highest BCUT2D eigenvalue weighted by atomic mass is 79.9. The van der Waals surface area contributed by atoms with Crippen molar-refractivity contribution in [3.05, 3.63) is 58.6 Å². The molecule has 0 saturated heterocycles. The Morgan fingerprint density at radius 1 is 1.08 bits per heavy atom. The van der Waals surface area contributed by atoms with Gasteiger partial charge in [-0.15, -0.1) is 0 Å². The molecule has 26 heavy (non-hydrogen) atoms. The minimum absolute atomic E-state index is 0.211. The molecule has 0 aliphatic heterocycles. The second kappa shape index (κ2) is 6.93. The van der Waals surface area contributed by atoms with E-state index in [2.05, 4.69) is 51.3 Å². The highest BCUT2D eigenvalue weighted by Crippen LogP contribution is 2.31. The topological polar surface area (TPSA) is 94.3 Å². The summed E-state index contributed by atoms with van der Waals surface area (Å²) in [6.07, 6.45) is 6.28. The fourth-order valence-electron chi connectivity index (χ4n) is 2.58. The lowest BCUT2D eigenvalue weighted by Gasteiger charge is -2.16. The van der Waals surface area contributed by atoms with Crippen molar-refractivity contribution < 1.29 is 0 Å². The zero-order chi connectivity index (χ0) is 18.1. The third-order valence-corrected chi connectivity index (χ3v) is 4.54. The Labute approximate surface area is 161 Å². The Kier molecular flexibility index (Phi) is 4.48. The third kappa shape index (κ3) is 3.11. The van der Waals surface area contributed by atoms with Crippen LogP contribution in [0.2, 0.25) is 5.02 Å². The molecule has 4 rings (SSSR count). The van der Waals surface area contributed by atoms with Gasteiger partial charge < -0.3 is 5.32 Å². The average Bonchev–Trinajstić information content (AvgIpc) is 3.13. The van der Waals surface area contributed by atoms with E-state index in [1.165, 1.54) is 12.7 Å². The van der Waals surface area contributed by atoms with Crippen LogP contribution in [0, 0.1) is 0 Å². The molecular weight excluding hydrogens is 420 g/mol. The fraction of sp³-hybridized carbons (Fsp3) is 0.125. The van der Waals surface area contributed by atoms with Crippen LogP contribution in [0.5, 0.6) is 0 Å². The van der Waals surface area contributed by atoms with E-state index in [0.29, 0.717) is 22.6 Å². The first kappa shape index (κ1) is 16.8. The van der Waals surface area contributed by atoms with E-state index in [9.17, 15) is 0 Å². The van der Waals surface area contributed by atoms with Gasteiger partial charge in [0.25, 0.3) is 5.95 Å². The maximum Gasteiger partial charge on any atom is 0.252 e. The van der Waals surface area contributed by atoms with E-state index in [1.807, 2.05) is 13.0 Å². The second-order valence-electron chi connectivity index (χ2n) is 5.45. The number of hydrogen-bond donors (Lipinski definition) is 1. The number of rotatable bonds is 4. The van der Waals surface area contributed by atoms with Crippen LogP contribution >= 0.6 is 27.5 Å². The number of benzene rings is 1. The van der Waals surface area contributed by atoms with E-state index in [0.717, 1.165) is 15.4 Å². The molecule has 0 fully saturated rings. The van der Waals surface area contributed by atoms with E-state index < -0.39 is 0 Å². The van der Waals surface area contributed by atoms with Gasteiger partial charge in [-0.1, -0.05) is 11.6 Å². The summed E-state index contributed by atoms with van der Waals surface area (Å²) >= 11 is 9.66. The molecule has 1 unspecified atom stereocenters. The second-order valence-corrected chi connectivity index (χ2v) is 6.74. The number of fused-ring (bicyclic) bond motifs is 1. The van der Waals surface area contributed by atoms with Gasteiger partial charge in [-0.05, 0) is 41.1 Å². The van der Waals surface area contributed by atoms with E-state index in [4.69, 9.17) is 11.6 Å². The lowest BCUT2D eigenvalue weighted by Crippen LogP contribution is -2.16. The van der Waals surface area contributed by atoms with Crippen molar-refractivity contribution in [2.45, 2.75) is 13.0 Å². The van der Waals surface area contributed by atoms with Crippen LogP contribution < -0.4 is 5.32 Å². The van der Waals surface area contributed by atoms with Crippen molar-refractivity contribution in [3.63, 3.8) is 0 Å². The largest absolute Gasteiger partial charge is 0.360 e. The summed E-state index contributed by atoms with van der Waals surface area (Å²) in [6, 6.07) is 5.16. The van der Waals surface area contributed by atoms with Gasteiger partial charge in [0.05, 0.1) is 11.6 Å². The molecule has 3 heterocycles. The first-order valence-electron chi connectivity index (χ1n) is 7.67. The number of halogens is 2. The maximum atomic E-state index is 6.18. The highest BCUT2D eigenvalue weighted by molar-refractivity contribution is 9.10. The Bertz CT molecular complexity index is 1070. The number of hydrogen-bond acceptors (Lipinski definition) is 7. The monoisotopic (exact) mass is 430 g/mol. The van der Waals surface area contributed by atoms with Crippen LogP contribution in [0.1, 0.15) is 18.8 Å². The van der Waals surface area contributed by atoms with E-state index in [-0.39, 0.29) is 6.04 Å². The summed E-state index contributed by atoms with van der Waals surface area (Å²) < 4.78 is 2.39. The van der Waals surface area contributed by atoms with E-state index >= 15 is 0 Å². The van der Waals surface area contributed by atoms with Crippen molar-refractivity contribution >= 4 is 44.3 Å². The summed E-state index contributed by atoms with van der Waals surface area (Å²) in [7, 11) is 0. The minimum atomic E-state index is -0.211. The molecule has 3 aromatic heterocycles. The molecule has 0 radical (unpaired) electrons. The van der Waals surface area contributed by atoms with Gasteiger partial charge in [0.15, 0.2) is 5.82 Å². The van der Waals surface area contributed by atoms with Crippen LogP contribution in [0.25, 0.3) is 16.9 Å². The molecule has 0 aliphatic carbocycles. The summed E-state index contributed by atoms with van der Waals surface area (Å²) in [5.74, 6) is 1.75. The molecule has 1 aromatic carbocycles. The SMILES string of the molecule is CC(Nc1ncnc2c(Br)cc(Cl)cc12)c1ncnn1-c1ncccn1. The summed E-state index contributed by atoms with van der Waals surface area (Å²) in [5, 5.41) is 8.96. The molecule has 1 N–H and O–H groups in total. The highest BCUT2D eigenvalue weighted by Gasteiger charge is 2.18.